The summed E-state index contributed by atoms with van der Waals surface area (Å²) in [5, 5.41) is 5.42. The lowest BCUT2D eigenvalue weighted by atomic mass is 9.95. The molecule has 0 aliphatic carbocycles. The molecule has 0 bridgehead atoms. The molecule has 0 aliphatic rings. The zero-order chi connectivity index (χ0) is 20.9. The van der Waals surface area contributed by atoms with E-state index >= 15 is 0 Å². The number of hydrogen-bond donors (Lipinski definition) is 1. The fourth-order valence-electron chi connectivity index (χ4n) is 3.65. The summed E-state index contributed by atoms with van der Waals surface area (Å²) < 4.78 is 5.98. The van der Waals surface area contributed by atoms with Gasteiger partial charge in [0, 0.05) is 0 Å². The first-order chi connectivity index (χ1) is 14.6. The predicted molar refractivity (Wildman–Crippen MR) is 122 cm³/mol. The van der Waals surface area contributed by atoms with Crippen LogP contribution in [0.2, 0.25) is 0 Å². The first-order valence-electron chi connectivity index (χ1n) is 10.2. The Kier molecular flexibility index (Phi) is 5.80. The number of rotatable bonds is 6. The Morgan fingerprint density at radius 3 is 2.23 bits per heavy atom. The smallest absolute Gasteiger partial charge is 0.261 e. The van der Waals surface area contributed by atoms with Crippen molar-refractivity contribution in [3.63, 3.8) is 0 Å². The van der Waals surface area contributed by atoms with Gasteiger partial charge < -0.3 is 10.1 Å². The van der Waals surface area contributed by atoms with Crippen LogP contribution < -0.4 is 10.1 Å². The average molecular weight is 396 g/mol. The molecule has 30 heavy (non-hydrogen) atoms. The van der Waals surface area contributed by atoms with Crippen LogP contribution in [-0.2, 0) is 4.79 Å². The van der Waals surface area contributed by atoms with Gasteiger partial charge in [0.1, 0.15) is 5.75 Å². The third-order valence-corrected chi connectivity index (χ3v) is 5.32. The molecule has 4 aromatic rings. The second kappa shape index (κ2) is 8.83. The van der Waals surface area contributed by atoms with E-state index in [0.29, 0.717) is 5.75 Å². The van der Waals surface area contributed by atoms with Crippen LogP contribution >= 0.6 is 0 Å². The first-order valence-corrected chi connectivity index (χ1v) is 10.2. The van der Waals surface area contributed by atoms with Gasteiger partial charge in [-0.25, -0.2) is 0 Å². The van der Waals surface area contributed by atoms with Crippen LogP contribution in [0.15, 0.2) is 97.1 Å². The molecule has 0 aromatic heterocycles. The van der Waals surface area contributed by atoms with E-state index in [2.05, 4.69) is 30.4 Å². The molecule has 0 heterocycles. The predicted octanol–water partition coefficient (Wildman–Crippen LogP) is 5.82. The third-order valence-electron chi connectivity index (χ3n) is 5.32. The fraction of sp³-hybridized carbons (Fsp3) is 0.148. The number of fused-ring (bicyclic) bond motifs is 1. The topological polar surface area (TPSA) is 38.3 Å². The van der Waals surface area contributed by atoms with E-state index in [4.69, 9.17) is 4.74 Å². The SMILES string of the molecule is Cc1ccccc1[C@H](NC(=O)[C@H](C)Oc1ccc2ccccc2c1)c1ccccc1. The summed E-state index contributed by atoms with van der Waals surface area (Å²) in [5.74, 6) is 0.531. The van der Waals surface area contributed by atoms with Crippen LogP contribution in [0.4, 0.5) is 0 Å². The van der Waals surface area contributed by atoms with Crippen molar-refractivity contribution in [3.05, 3.63) is 114 Å². The zero-order valence-electron chi connectivity index (χ0n) is 17.2. The lowest BCUT2D eigenvalue weighted by Gasteiger charge is -2.24. The summed E-state index contributed by atoms with van der Waals surface area (Å²) in [7, 11) is 0. The van der Waals surface area contributed by atoms with Gasteiger partial charge in [0.05, 0.1) is 6.04 Å². The molecule has 0 radical (unpaired) electrons. The molecule has 4 rings (SSSR count). The Morgan fingerprint density at radius 2 is 1.47 bits per heavy atom. The van der Waals surface area contributed by atoms with Crippen LogP contribution in [0, 0.1) is 6.92 Å². The Morgan fingerprint density at radius 1 is 0.800 bits per heavy atom. The number of nitrogens with one attached hydrogen (secondary N) is 1. The molecule has 150 valence electrons. The maximum Gasteiger partial charge on any atom is 0.261 e. The average Bonchev–Trinajstić information content (AvgIpc) is 2.78. The van der Waals surface area contributed by atoms with Gasteiger partial charge in [-0.3, -0.25) is 4.79 Å². The number of aryl methyl sites for hydroxylation is 1. The second-order valence-corrected chi connectivity index (χ2v) is 7.48. The Balaban J connectivity index is 1.55. The molecule has 0 unspecified atom stereocenters. The van der Waals surface area contributed by atoms with E-state index in [9.17, 15) is 4.79 Å². The zero-order valence-corrected chi connectivity index (χ0v) is 17.2. The van der Waals surface area contributed by atoms with Gasteiger partial charge in [-0.1, -0.05) is 84.9 Å². The number of carbonyl (C=O) groups is 1. The highest BCUT2D eigenvalue weighted by atomic mass is 16.5. The molecule has 3 heteroatoms. The minimum atomic E-state index is -0.624. The van der Waals surface area contributed by atoms with E-state index in [-0.39, 0.29) is 11.9 Å². The standard InChI is InChI=1S/C27H25NO2/c1-19-10-6-9-15-25(19)26(22-12-4-3-5-13-22)28-27(29)20(2)30-24-17-16-21-11-7-8-14-23(21)18-24/h3-18,20,26H,1-2H3,(H,28,29)/t20-,26+/m0/s1. The largest absolute Gasteiger partial charge is 0.481 e. The van der Waals surface area contributed by atoms with Crippen molar-refractivity contribution in [2.75, 3.05) is 0 Å². The monoisotopic (exact) mass is 395 g/mol. The maximum atomic E-state index is 13.0. The summed E-state index contributed by atoms with van der Waals surface area (Å²) in [6, 6.07) is 31.9. The number of ether oxygens (including phenoxy) is 1. The van der Waals surface area contributed by atoms with Crippen molar-refractivity contribution in [3.8, 4) is 5.75 Å². The molecule has 0 spiro atoms. The van der Waals surface area contributed by atoms with Crippen molar-refractivity contribution in [1.82, 2.24) is 5.32 Å². The quantitative estimate of drug-likeness (QED) is 0.447. The third kappa shape index (κ3) is 4.36. The summed E-state index contributed by atoms with van der Waals surface area (Å²) in [6.07, 6.45) is -0.624. The van der Waals surface area contributed by atoms with Crippen LogP contribution in [0.1, 0.15) is 29.7 Å². The summed E-state index contributed by atoms with van der Waals surface area (Å²) in [5.41, 5.74) is 3.25. The molecule has 0 saturated carbocycles. The van der Waals surface area contributed by atoms with Crippen molar-refractivity contribution in [2.45, 2.75) is 26.0 Å². The summed E-state index contributed by atoms with van der Waals surface area (Å²) in [4.78, 5) is 13.0. The van der Waals surface area contributed by atoms with E-state index in [1.165, 1.54) is 0 Å². The molecule has 0 fully saturated rings. The molecule has 2 atom stereocenters. The highest BCUT2D eigenvalue weighted by Gasteiger charge is 2.22. The summed E-state index contributed by atoms with van der Waals surface area (Å²) >= 11 is 0. The molecule has 0 aliphatic heterocycles. The van der Waals surface area contributed by atoms with E-state index in [1.54, 1.807) is 6.92 Å². The van der Waals surface area contributed by atoms with Crippen LogP contribution in [0.5, 0.6) is 5.75 Å². The Hall–Kier alpha value is -3.59. The van der Waals surface area contributed by atoms with Crippen molar-refractivity contribution in [1.29, 1.82) is 0 Å². The normalized spacial score (nSPS) is 12.9. The van der Waals surface area contributed by atoms with E-state index < -0.39 is 6.10 Å². The molecular formula is C27H25NO2. The number of amides is 1. The van der Waals surface area contributed by atoms with Gasteiger partial charge in [0.25, 0.3) is 5.91 Å². The van der Waals surface area contributed by atoms with Gasteiger partial charge in [0.15, 0.2) is 6.10 Å². The maximum absolute atomic E-state index is 13.0. The summed E-state index contributed by atoms with van der Waals surface area (Å²) in [6.45, 7) is 3.84. The molecule has 0 saturated heterocycles. The molecule has 1 N–H and O–H groups in total. The van der Waals surface area contributed by atoms with Crippen molar-refractivity contribution < 1.29 is 9.53 Å². The second-order valence-electron chi connectivity index (χ2n) is 7.48. The van der Waals surface area contributed by atoms with Gasteiger partial charge >= 0.3 is 0 Å². The minimum absolute atomic E-state index is 0.153. The lowest BCUT2D eigenvalue weighted by Crippen LogP contribution is -2.39. The van der Waals surface area contributed by atoms with Gasteiger partial charge in [-0.2, -0.15) is 0 Å². The van der Waals surface area contributed by atoms with Crippen LogP contribution in [-0.4, -0.2) is 12.0 Å². The van der Waals surface area contributed by atoms with Gasteiger partial charge in [-0.05, 0) is 53.4 Å². The fourth-order valence-corrected chi connectivity index (χ4v) is 3.65. The van der Waals surface area contributed by atoms with Gasteiger partial charge in [-0.15, -0.1) is 0 Å². The Labute approximate surface area is 177 Å². The minimum Gasteiger partial charge on any atom is -0.481 e. The van der Waals surface area contributed by atoms with Crippen molar-refractivity contribution >= 4 is 16.7 Å². The molecule has 3 nitrogen and oxygen atoms in total. The van der Waals surface area contributed by atoms with E-state index in [1.807, 2.05) is 78.9 Å². The number of carbonyl (C=O) groups excluding carboxylic acids is 1. The highest BCUT2D eigenvalue weighted by Crippen LogP contribution is 2.26. The molecule has 1 amide bonds. The number of benzene rings is 4. The lowest BCUT2D eigenvalue weighted by molar-refractivity contribution is -0.127. The van der Waals surface area contributed by atoms with Gasteiger partial charge in [0.2, 0.25) is 0 Å². The van der Waals surface area contributed by atoms with E-state index in [0.717, 1.165) is 27.5 Å². The van der Waals surface area contributed by atoms with Crippen LogP contribution in [0.25, 0.3) is 10.8 Å². The number of hydrogen-bond acceptors (Lipinski definition) is 2. The first kappa shape index (κ1) is 19.7. The Bertz CT molecular complexity index is 1150. The molecular weight excluding hydrogens is 370 g/mol. The van der Waals surface area contributed by atoms with Crippen molar-refractivity contribution in [2.24, 2.45) is 0 Å². The molecule has 4 aromatic carbocycles. The van der Waals surface area contributed by atoms with Crippen LogP contribution in [0.3, 0.4) is 0 Å². The highest BCUT2D eigenvalue weighted by molar-refractivity contribution is 5.84.